The van der Waals surface area contributed by atoms with Crippen molar-refractivity contribution in [2.75, 3.05) is 38.1 Å². The molecule has 0 spiro atoms. The molecule has 1 N–H and O–H groups in total. The predicted octanol–water partition coefficient (Wildman–Crippen LogP) is 2.86. The van der Waals surface area contributed by atoms with E-state index in [4.69, 9.17) is 0 Å². The van der Waals surface area contributed by atoms with Gasteiger partial charge in [0.2, 0.25) is 5.43 Å². The Balaban J connectivity index is 1.91. The van der Waals surface area contributed by atoms with Gasteiger partial charge in [-0.05, 0) is 32.0 Å². The third-order valence-electron chi connectivity index (χ3n) is 6.16. The number of halogens is 2. The molecule has 3 heterocycles. The van der Waals surface area contributed by atoms with Gasteiger partial charge in [-0.25, -0.2) is 13.6 Å². The number of aromatic nitrogens is 2. The minimum atomic E-state index is -1.41. The van der Waals surface area contributed by atoms with E-state index in [0.717, 1.165) is 12.8 Å². The van der Waals surface area contributed by atoms with Crippen LogP contribution in [-0.2, 0) is 0 Å². The Kier molecular flexibility index (Phi) is 4.58. The summed E-state index contributed by atoms with van der Waals surface area (Å²) in [5.74, 6) is -3.08. The van der Waals surface area contributed by atoms with E-state index in [0.29, 0.717) is 26.2 Å². The van der Waals surface area contributed by atoms with Crippen molar-refractivity contribution in [3.63, 3.8) is 0 Å². The molecule has 7 nitrogen and oxygen atoms in total. The van der Waals surface area contributed by atoms with Crippen molar-refractivity contribution in [2.24, 2.45) is 0 Å². The molecule has 0 amide bonds. The van der Waals surface area contributed by atoms with Crippen LogP contribution in [0.2, 0.25) is 0 Å². The van der Waals surface area contributed by atoms with Crippen LogP contribution in [0.1, 0.15) is 29.2 Å². The predicted molar refractivity (Wildman–Crippen MR) is 112 cm³/mol. The third kappa shape index (κ3) is 3.11. The maximum absolute atomic E-state index is 16.0. The average Bonchev–Trinajstić information content (AvgIpc) is 3.44. The van der Waals surface area contributed by atoms with Crippen LogP contribution in [-0.4, -0.2) is 58.3 Å². The summed E-state index contributed by atoms with van der Waals surface area (Å²) in [7, 11) is 1.95. The fourth-order valence-corrected chi connectivity index (χ4v) is 4.33. The van der Waals surface area contributed by atoms with Crippen LogP contribution >= 0.6 is 0 Å². The first-order valence-corrected chi connectivity index (χ1v) is 10.3. The Morgan fingerprint density at radius 1 is 1.03 bits per heavy atom. The molecule has 2 fully saturated rings. The van der Waals surface area contributed by atoms with E-state index in [9.17, 15) is 14.7 Å². The van der Waals surface area contributed by atoms with Crippen LogP contribution in [0.15, 0.2) is 35.5 Å². The summed E-state index contributed by atoms with van der Waals surface area (Å²) in [6.45, 7) is 2.20. The van der Waals surface area contributed by atoms with Gasteiger partial charge in [0.1, 0.15) is 11.3 Å². The van der Waals surface area contributed by atoms with E-state index in [1.54, 1.807) is 29.4 Å². The molecule has 2 aliphatic rings. The van der Waals surface area contributed by atoms with Crippen molar-refractivity contribution in [1.82, 2.24) is 14.0 Å². The van der Waals surface area contributed by atoms with Crippen molar-refractivity contribution in [3.8, 4) is 5.69 Å². The highest BCUT2D eigenvalue weighted by molar-refractivity contribution is 5.98. The molecule has 2 aromatic heterocycles. The lowest BCUT2D eigenvalue weighted by Gasteiger charge is -2.35. The molecule has 1 aromatic carbocycles. The van der Waals surface area contributed by atoms with Crippen LogP contribution < -0.4 is 10.3 Å². The minimum absolute atomic E-state index is 0.0310. The Labute approximate surface area is 176 Å². The van der Waals surface area contributed by atoms with Gasteiger partial charge in [0.05, 0.1) is 16.6 Å². The van der Waals surface area contributed by atoms with Gasteiger partial charge >= 0.3 is 5.97 Å². The summed E-state index contributed by atoms with van der Waals surface area (Å²) in [4.78, 5) is 28.7. The number of carboxylic acid groups (broad SMARTS) is 1. The van der Waals surface area contributed by atoms with E-state index in [1.165, 1.54) is 15.3 Å². The lowest BCUT2D eigenvalue weighted by atomic mass is 10.0. The molecule has 1 saturated carbocycles. The lowest BCUT2D eigenvalue weighted by Crippen LogP contribution is -2.45. The number of nitrogens with zero attached hydrogens (tertiary/aromatic N) is 4. The second kappa shape index (κ2) is 7.19. The highest BCUT2D eigenvalue weighted by atomic mass is 19.1. The Morgan fingerprint density at radius 2 is 1.68 bits per heavy atom. The van der Waals surface area contributed by atoms with E-state index < -0.39 is 28.6 Å². The van der Waals surface area contributed by atoms with Gasteiger partial charge in [-0.3, -0.25) is 4.79 Å². The first-order chi connectivity index (χ1) is 14.9. The molecule has 0 atom stereocenters. The van der Waals surface area contributed by atoms with Gasteiger partial charge < -0.3 is 24.0 Å². The van der Waals surface area contributed by atoms with Gasteiger partial charge in [-0.1, -0.05) is 0 Å². The number of hydrogen-bond acceptors (Lipinski definition) is 4. The number of benzene rings is 1. The molecule has 1 saturated heterocycles. The van der Waals surface area contributed by atoms with Crippen molar-refractivity contribution >= 4 is 22.6 Å². The van der Waals surface area contributed by atoms with Crippen molar-refractivity contribution in [2.45, 2.75) is 18.9 Å². The first kappa shape index (κ1) is 19.7. The maximum Gasteiger partial charge on any atom is 0.341 e. The molecule has 0 bridgehead atoms. The van der Waals surface area contributed by atoms with Crippen LogP contribution in [0.3, 0.4) is 0 Å². The molecule has 0 radical (unpaired) electrons. The smallest absolute Gasteiger partial charge is 0.341 e. The third-order valence-corrected chi connectivity index (χ3v) is 6.16. The number of pyridine rings is 1. The molecule has 5 rings (SSSR count). The van der Waals surface area contributed by atoms with Crippen molar-refractivity contribution in [3.05, 3.63) is 58.1 Å². The molecule has 31 heavy (non-hydrogen) atoms. The summed E-state index contributed by atoms with van der Waals surface area (Å²) in [6.07, 6.45) is 5.83. The Morgan fingerprint density at radius 3 is 2.26 bits per heavy atom. The van der Waals surface area contributed by atoms with E-state index in [1.807, 2.05) is 7.05 Å². The lowest BCUT2D eigenvalue weighted by molar-refractivity contribution is 0.0695. The number of carboxylic acids is 1. The van der Waals surface area contributed by atoms with Crippen LogP contribution in [0.4, 0.5) is 14.5 Å². The standard InChI is InChI=1S/C22H22F2N4O3/c1-25-8-10-27(11-9-25)20-16(23)18(26-6-2-3-7-26)15-19(17(20)24)28(13-4-5-13)12-14(21(15)29)22(30)31/h2-3,6-7,12-13H,4-5,8-11H2,1H3,(H,30,31). The van der Waals surface area contributed by atoms with Crippen LogP contribution in [0, 0.1) is 11.6 Å². The average molecular weight is 428 g/mol. The van der Waals surface area contributed by atoms with Gasteiger partial charge in [-0.15, -0.1) is 0 Å². The van der Waals surface area contributed by atoms with E-state index in [2.05, 4.69) is 4.90 Å². The van der Waals surface area contributed by atoms with Gasteiger partial charge in [-0.2, -0.15) is 0 Å². The van der Waals surface area contributed by atoms with Crippen LogP contribution in [0.25, 0.3) is 16.6 Å². The van der Waals surface area contributed by atoms with Crippen molar-refractivity contribution in [1.29, 1.82) is 0 Å². The number of fused-ring (bicyclic) bond motifs is 1. The molecule has 162 valence electrons. The molecular weight excluding hydrogens is 406 g/mol. The zero-order valence-corrected chi connectivity index (χ0v) is 17.0. The monoisotopic (exact) mass is 428 g/mol. The van der Waals surface area contributed by atoms with E-state index in [-0.39, 0.29) is 28.3 Å². The summed E-state index contributed by atoms with van der Waals surface area (Å²) in [5, 5.41) is 9.33. The summed E-state index contributed by atoms with van der Waals surface area (Å²) in [5.41, 5.74) is -1.68. The largest absolute Gasteiger partial charge is 0.477 e. The number of aromatic carboxylic acids is 1. The second-order valence-corrected chi connectivity index (χ2v) is 8.24. The van der Waals surface area contributed by atoms with E-state index >= 15 is 8.78 Å². The quantitative estimate of drug-likeness (QED) is 0.692. The van der Waals surface area contributed by atoms with Crippen LogP contribution in [0.5, 0.6) is 0 Å². The summed E-state index contributed by atoms with van der Waals surface area (Å²) >= 11 is 0. The zero-order valence-electron chi connectivity index (χ0n) is 17.0. The minimum Gasteiger partial charge on any atom is -0.477 e. The molecule has 1 aliphatic carbocycles. The fraction of sp³-hybridized carbons (Fsp3) is 0.364. The Bertz CT molecular complexity index is 1240. The second-order valence-electron chi connectivity index (χ2n) is 8.24. The SMILES string of the molecule is CN1CCN(c2c(F)c(-n3cccc3)c3c(=O)c(C(=O)O)cn(C4CC4)c3c2F)CC1. The Hall–Kier alpha value is -3.20. The molecule has 3 aromatic rings. The number of piperazine rings is 1. The number of likely N-dealkylation sites (N-methyl/N-ethyl adjacent to an activating group) is 1. The highest BCUT2D eigenvalue weighted by Crippen LogP contribution is 2.42. The van der Waals surface area contributed by atoms with Crippen molar-refractivity contribution < 1.29 is 18.7 Å². The number of anilines is 1. The zero-order chi connectivity index (χ0) is 21.9. The van der Waals surface area contributed by atoms with Gasteiger partial charge in [0.15, 0.2) is 11.6 Å². The number of carbonyl (C=O) groups is 1. The fourth-order valence-electron chi connectivity index (χ4n) is 4.33. The molecule has 1 aliphatic heterocycles. The first-order valence-electron chi connectivity index (χ1n) is 10.3. The number of hydrogen-bond donors (Lipinski definition) is 1. The molecule has 0 unspecified atom stereocenters. The normalized spacial score (nSPS) is 17.5. The number of rotatable bonds is 4. The topological polar surface area (TPSA) is 70.7 Å². The van der Waals surface area contributed by atoms with Gasteiger partial charge in [0.25, 0.3) is 0 Å². The summed E-state index contributed by atoms with van der Waals surface area (Å²) < 4.78 is 34.9. The molecular formula is C22H22F2N4O3. The highest BCUT2D eigenvalue weighted by Gasteiger charge is 2.34. The van der Waals surface area contributed by atoms with Gasteiger partial charge in [0, 0.05) is 50.8 Å². The molecule has 9 heteroatoms. The summed E-state index contributed by atoms with van der Waals surface area (Å²) in [6, 6.07) is 3.23. The maximum atomic E-state index is 16.0.